The Bertz CT molecular complexity index is 122. The van der Waals surface area contributed by atoms with Gasteiger partial charge in [0.1, 0.15) is 0 Å². The first kappa shape index (κ1) is 6.55. The van der Waals surface area contributed by atoms with E-state index >= 15 is 0 Å². The van der Waals surface area contributed by atoms with Crippen LogP contribution < -0.4 is 5.84 Å². The third kappa shape index (κ3) is 1.42. The highest BCUT2D eigenvalue weighted by Gasteiger charge is 2.18. The molecule has 0 aromatic rings. The molecule has 3 N–H and O–H groups in total. The molecule has 1 rings (SSSR count). The van der Waals surface area contributed by atoms with Gasteiger partial charge >= 0.3 is 0 Å². The molecular weight excluding hydrogens is 116 g/mol. The van der Waals surface area contributed by atoms with Crippen LogP contribution in [0.5, 0.6) is 0 Å². The minimum atomic E-state index is 0.277. The lowest BCUT2D eigenvalue weighted by Crippen LogP contribution is -2.01. The van der Waals surface area contributed by atoms with Gasteiger partial charge in [0.05, 0.1) is 0 Å². The van der Waals surface area contributed by atoms with Crippen molar-refractivity contribution in [3.63, 3.8) is 0 Å². The molecule has 9 heavy (non-hydrogen) atoms. The van der Waals surface area contributed by atoms with Crippen LogP contribution in [0, 0.1) is 5.92 Å². The number of nitrogens with zero attached hydrogens (tertiary/aromatic N) is 1. The zero-order valence-electron chi connectivity index (χ0n) is 5.38. The van der Waals surface area contributed by atoms with Crippen LogP contribution in [-0.4, -0.2) is 17.4 Å². The lowest BCUT2D eigenvalue weighted by Gasteiger charge is -1.98. The molecule has 3 nitrogen and oxygen atoms in total. The van der Waals surface area contributed by atoms with Crippen molar-refractivity contribution in [2.75, 3.05) is 6.61 Å². The molecule has 0 bridgehead atoms. The van der Waals surface area contributed by atoms with E-state index in [2.05, 4.69) is 5.10 Å². The van der Waals surface area contributed by atoms with Gasteiger partial charge in [-0.1, -0.05) is 0 Å². The van der Waals surface area contributed by atoms with Crippen molar-refractivity contribution in [1.82, 2.24) is 0 Å². The van der Waals surface area contributed by atoms with E-state index in [9.17, 15) is 0 Å². The summed E-state index contributed by atoms with van der Waals surface area (Å²) in [4.78, 5) is 0. The topological polar surface area (TPSA) is 58.6 Å². The highest BCUT2D eigenvalue weighted by atomic mass is 16.3. The highest BCUT2D eigenvalue weighted by molar-refractivity contribution is 5.86. The quantitative estimate of drug-likeness (QED) is 0.388. The average molecular weight is 128 g/mol. The summed E-state index contributed by atoms with van der Waals surface area (Å²) in [6.45, 7) is 0.277. The molecule has 1 unspecified atom stereocenters. The van der Waals surface area contributed by atoms with E-state index in [0.717, 1.165) is 25.0 Å². The van der Waals surface area contributed by atoms with Crippen LogP contribution in [0.1, 0.15) is 19.3 Å². The molecule has 1 aliphatic rings. The number of aliphatic hydroxyl groups is 1. The molecule has 1 saturated carbocycles. The van der Waals surface area contributed by atoms with Crippen molar-refractivity contribution in [3.05, 3.63) is 0 Å². The molecule has 1 atom stereocenters. The molecule has 3 heteroatoms. The van der Waals surface area contributed by atoms with Crippen LogP contribution >= 0.6 is 0 Å². The molecule has 0 radical (unpaired) electrons. The number of aliphatic hydroxyl groups excluding tert-OH is 1. The van der Waals surface area contributed by atoms with Crippen LogP contribution in [0.4, 0.5) is 0 Å². The number of hydrogen-bond donors (Lipinski definition) is 2. The summed E-state index contributed by atoms with van der Waals surface area (Å²) in [5.74, 6) is 5.48. The number of rotatable bonds is 1. The summed E-state index contributed by atoms with van der Waals surface area (Å²) < 4.78 is 0. The Balaban J connectivity index is 2.38. The molecular formula is C6H12N2O. The standard InChI is InChI=1S/C6H12N2O/c7-8-6-2-1-5(3-6)4-9/h5,9H,1-4,7H2/b8-6+. The zero-order valence-corrected chi connectivity index (χ0v) is 5.38. The minimum Gasteiger partial charge on any atom is -0.396 e. The first-order valence-corrected chi connectivity index (χ1v) is 3.23. The molecule has 0 spiro atoms. The molecule has 1 aliphatic carbocycles. The van der Waals surface area contributed by atoms with Gasteiger partial charge in [-0.15, -0.1) is 0 Å². The summed E-state index contributed by atoms with van der Waals surface area (Å²) in [6.07, 6.45) is 2.92. The van der Waals surface area contributed by atoms with Gasteiger partial charge in [-0.25, -0.2) is 0 Å². The van der Waals surface area contributed by atoms with Gasteiger partial charge in [0.25, 0.3) is 0 Å². The predicted molar refractivity (Wildman–Crippen MR) is 36.0 cm³/mol. The van der Waals surface area contributed by atoms with E-state index in [1.807, 2.05) is 0 Å². The van der Waals surface area contributed by atoms with Crippen molar-refractivity contribution in [1.29, 1.82) is 0 Å². The Kier molecular flexibility index (Phi) is 2.05. The van der Waals surface area contributed by atoms with Gasteiger partial charge in [0.15, 0.2) is 0 Å². The maximum absolute atomic E-state index is 8.68. The van der Waals surface area contributed by atoms with E-state index in [0.29, 0.717) is 5.92 Å². The fourth-order valence-electron chi connectivity index (χ4n) is 1.18. The summed E-state index contributed by atoms with van der Waals surface area (Å²) >= 11 is 0. The third-order valence-electron chi connectivity index (χ3n) is 1.81. The van der Waals surface area contributed by atoms with Gasteiger partial charge in [-0.2, -0.15) is 5.10 Å². The smallest absolute Gasteiger partial charge is 0.0463 e. The number of hydrogen-bond acceptors (Lipinski definition) is 3. The van der Waals surface area contributed by atoms with E-state index in [4.69, 9.17) is 10.9 Å². The van der Waals surface area contributed by atoms with Crippen molar-refractivity contribution in [3.8, 4) is 0 Å². The first-order chi connectivity index (χ1) is 4.36. The number of hydrazone groups is 1. The largest absolute Gasteiger partial charge is 0.396 e. The Labute approximate surface area is 54.6 Å². The second-order valence-corrected chi connectivity index (χ2v) is 2.49. The summed E-state index contributed by atoms with van der Waals surface area (Å²) in [5, 5.41) is 12.3. The average Bonchev–Trinajstić information content (AvgIpc) is 2.34. The van der Waals surface area contributed by atoms with Crippen LogP contribution in [0.15, 0.2) is 5.10 Å². The minimum absolute atomic E-state index is 0.277. The Morgan fingerprint density at radius 3 is 2.89 bits per heavy atom. The predicted octanol–water partition coefficient (Wildman–Crippen LogP) is 0.0935. The molecule has 0 saturated heterocycles. The normalized spacial score (nSPS) is 31.7. The maximum Gasteiger partial charge on any atom is 0.0463 e. The lowest BCUT2D eigenvalue weighted by molar-refractivity contribution is 0.233. The lowest BCUT2D eigenvalue weighted by atomic mass is 10.1. The van der Waals surface area contributed by atoms with E-state index in [1.54, 1.807) is 0 Å². The summed E-state index contributed by atoms with van der Waals surface area (Å²) in [7, 11) is 0. The van der Waals surface area contributed by atoms with Gasteiger partial charge in [-0.3, -0.25) is 0 Å². The van der Waals surface area contributed by atoms with Gasteiger partial charge in [0.2, 0.25) is 0 Å². The van der Waals surface area contributed by atoms with E-state index < -0.39 is 0 Å². The molecule has 52 valence electrons. The van der Waals surface area contributed by atoms with Crippen molar-refractivity contribution < 1.29 is 5.11 Å². The van der Waals surface area contributed by atoms with Gasteiger partial charge in [-0.05, 0) is 25.2 Å². The number of nitrogens with two attached hydrogens (primary N) is 1. The molecule has 0 aliphatic heterocycles. The Hall–Kier alpha value is -0.570. The van der Waals surface area contributed by atoms with Crippen molar-refractivity contribution in [2.45, 2.75) is 19.3 Å². The third-order valence-corrected chi connectivity index (χ3v) is 1.81. The highest BCUT2D eigenvalue weighted by Crippen LogP contribution is 2.21. The van der Waals surface area contributed by atoms with Gasteiger partial charge in [0, 0.05) is 12.3 Å². The van der Waals surface area contributed by atoms with E-state index in [1.165, 1.54) is 0 Å². The van der Waals surface area contributed by atoms with Crippen molar-refractivity contribution >= 4 is 5.71 Å². The fourth-order valence-corrected chi connectivity index (χ4v) is 1.18. The molecule has 1 fully saturated rings. The SMILES string of the molecule is N/N=C1\CCC(CO)C1. The van der Waals surface area contributed by atoms with E-state index in [-0.39, 0.29) is 6.61 Å². The van der Waals surface area contributed by atoms with Crippen molar-refractivity contribution in [2.24, 2.45) is 16.9 Å². The second-order valence-electron chi connectivity index (χ2n) is 2.49. The van der Waals surface area contributed by atoms with Crippen LogP contribution in [0.25, 0.3) is 0 Å². The maximum atomic E-state index is 8.68. The monoisotopic (exact) mass is 128 g/mol. The molecule has 0 heterocycles. The summed E-state index contributed by atoms with van der Waals surface area (Å²) in [6, 6.07) is 0. The van der Waals surface area contributed by atoms with Crippen LogP contribution in [0.3, 0.4) is 0 Å². The fraction of sp³-hybridized carbons (Fsp3) is 0.833. The van der Waals surface area contributed by atoms with Gasteiger partial charge < -0.3 is 10.9 Å². The van der Waals surface area contributed by atoms with Crippen LogP contribution in [0.2, 0.25) is 0 Å². The molecule has 0 aromatic heterocycles. The van der Waals surface area contributed by atoms with Crippen LogP contribution in [-0.2, 0) is 0 Å². The Morgan fingerprint density at radius 2 is 2.56 bits per heavy atom. The first-order valence-electron chi connectivity index (χ1n) is 3.23. The Morgan fingerprint density at radius 1 is 1.78 bits per heavy atom. The molecule has 0 amide bonds. The zero-order chi connectivity index (χ0) is 6.69. The molecule has 0 aromatic carbocycles. The summed E-state index contributed by atoms with van der Waals surface area (Å²) in [5.41, 5.74) is 1.05. The second kappa shape index (κ2) is 2.82.